The maximum absolute atomic E-state index is 13.0. The maximum Gasteiger partial charge on any atom is 0.265 e. The number of aryl methyl sites for hydroxylation is 2. The number of thiazole rings is 1. The van der Waals surface area contributed by atoms with Crippen LogP contribution in [0.1, 0.15) is 9.88 Å². The normalized spacial score (nSPS) is 13.1. The summed E-state index contributed by atoms with van der Waals surface area (Å²) in [6.45, 7) is 3.63. The van der Waals surface area contributed by atoms with Crippen LogP contribution in [0.3, 0.4) is 0 Å². The molecule has 1 aliphatic rings. The number of halogens is 1. The molecule has 0 radical (unpaired) electrons. The topological polar surface area (TPSA) is 71.5 Å². The number of hydrogen-bond acceptors (Lipinski definition) is 5. The number of benzene rings is 2. The van der Waals surface area contributed by atoms with Gasteiger partial charge in [0, 0.05) is 16.1 Å². The first-order valence-corrected chi connectivity index (χ1v) is 9.79. The fourth-order valence-electron chi connectivity index (χ4n) is 3.20. The number of carbonyl (C=O) groups is 2. The van der Waals surface area contributed by atoms with Gasteiger partial charge in [0.25, 0.3) is 5.91 Å². The third kappa shape index (κ3) is 3.97. The van der Waals surface area contributed by atoms with Crippen LogP contribution < -0.4 is 15.0 Å². The minimum absolute atomic E-state index is 0.134. The smallest absolute Gasteiger partial charge is 0.265 e. The molecule has 0 bridgehead atoms. The molecule has 0 spiro atoms. The van der Waals surface area contributed by atoms with Crippen LogP contribution in [0, 0.1) is 19.7 Å². The molecule has 1 N–H and O–H groups in total. The summed E-state index contributed by atoms with van der Waals surface area (Å²) in [7, 11) is 0. The van der Waals surface area contributed by atoms with Crippen LogP contribution in [0.4, 0.5) is 15.8 Å². The van der Waals surface area contributed by atoms with Crippen molar-refractivity contribution in [2.45, 2.75) is 13.8 Å². The summed E-state index contributed by atoms with van der Waals surface area (Å²) in [6, 6.07) is 11.0. The predicted octanol–water partition coefficient (Wildman–Crippen LogP) is 3.93. The van der Waals surface area contributed by atoms with Crippen molar-refractivity contribution in [3.63, 3.8) is 0 Å². The molecule has 0 aliphatic carbocycles. The molecule has 0 fully saturated rings. The van der Waals surface area contributed by atoms with E-state index in [2.05, 4.69) is 10.3 Å². The SMILES string of the molecule is Cc1nc(-c2ccc3c(c2)N(CC(=O)Nc2ccc(F)cc2)C(=O)CO3)c(C)s1. The number of ether oxygens (including phenoxy) is 1. The van der Waals surface area contributed by atoms with Crippen molar-refractivity contribution in [1.29, 1.82) is 0 Å². The summed E-state index contributed by atoms with van der Waals surface area (Å²) < 4.78 is 18.6. The number of nitrogens with one attached hydrogen (secondary N) is 1. The van der Waals surface area contributed by atoms with E-state index in [-0.39, 0.29) is 30.8 Å². The molecule has 8 heteroatoms. The predicted molar refractivity (Wildman–Crippen MR) is 110 cm³/mol. The van der Waals surface area contributed by atoms with Crippen molar-refractivity contribution in [2.75, 3.05) is 23.4 Å². The highest BCUT2D eigenvalue weighted by Crippen LogP contribution is 2.37. The van der Waals surface area contributed by atoms with Crippen LogP contribution in [0.2, 0.25) is 0 Å². The van der Waals surface area contributed by atoms with Gasteiger partial charge in [-0.3, -0.25) is 14.5 Å². The van der Waals surface area contributed by atoms with E-state index < -0.39 is 0 Å². The maximum atomic E-state index is 13.0. The highest BCUT2D eigenvalue weighted by Gasteiger charge is 2.28. The minimum Gasteiger partial charge on any atom is -0.482 e. The second-order valence-corrected chi connectivity index (χ2v) is 8.05. The average molecular weight is 411 g/mol. The van der Waals surface area contributed by atoms with Gasteiger partial charge >= 0.3 is 0 Å². The summed E-state index contributed by atoms with van der Waals surface area (Å²) in [6.07, 6.45) is 0. The van der Waals surface area contributed by atoms with Crippen LogP contribution >= 0.6 is 11.3 Å². The van der Waals surface area contributed by atoms with Gasteiger partial charge in [0.05, 0.1) is 16.4 Å². The van der Waals surface area contributed by atoms with Gasteiger partial charge in [0.1, 0.15) is 18.1 Å². The molecule has 6 nitrogen and oxygen atoms in total. The van der Waals surface area contributed by atoms with Crippen LogP contribution in [-0.2, 0) is 9.59 Å². The fourth-order valence-corrected chi connectivity index (χ4v) is 4.04. The number of aromatic nitrogens is 1. The van der Waals surface area contributed by atoms with E-state index in [1.54, 1.807) is 17.4 Å². The Balaban J connectivity index is 1.60. The standard InChI is InChI=1S/C21H18FN3O3S/c1-12-21(23-13(2)29-12)14-3-8-18-17(9-14)25(20(27)11-28-18)10-19(26)24-16-6-4-15(22)5-7-16/h3-9H,10-11H2,1-2H3,(H,24,26). The summed E-state index contributed by atoms with van der Waals surface area (Å²) in [4.78, 5) is 32.0. The monoisotopic (exact) mass is 411 g/mol. The molecule has 0 unspecified atom stereocenters. The number of rotatable bonds is 4. The molecule has 2 amide bonds. The Morgan fingerprint density at radius 2 is 2.00 bits per heavy atom. The van der Waals surface area contributed by atoms with Gasteiger partial charge < -0.3 is 10.1 Å². The summed E-state index contributed by atoms with van der Waals surface area (Å²) in [5, 5.41) is 3.63. The van der Waals surface area contributed by atoms with Gasteiger partial charge in [-0.2, -0.15) is 0 Å². The number of anilines is 2. The third-order valence-corrected chi connectivity index (χ3v) is 5.39. The molecular formula is C21H18FN3O3S. The molecule has 0 atom stereocenters. The number of nitrogens with zero attached hydrogens (tertiary/aromatic N) is 2. The number of carbonyl (C=O) groups excluding carboxylic acids is 2. The Morgan fingerprint density at radius 1 is 1.24 bits per heavy atom. The molecule has 148 valence electrons. The van der Waals surface area contributed by atoms with Gasteiger partial charge in [-0.25, -0.2) is 9.37 Å². The lowest BCUT2D eigenvalue weighted by molar-refractivity contribution is -0.123. The highest BCUT2D eigenvalue weighted by atomic mass is 32.1. The molecule has 2 aromatic carbocycles. The van der Waals surface area contributed by atoms with Gasteiger partial charge in [-0.05, 0) is 56.3 Å². The van der Waals surface area contributed by atoms with E-state index in [9.17, 15) is 14.0 Å². The first kappa shape index (κ1) is 19.1. The number of fused-ring (bicyclic) bond motifs is 1. The Bertz CT molecular complexity index is 1100. The van der Waals surface area contributed by atoms with E-state index in [1.807, 2.05) is 26.0 Å². The van der Waals surface area contributed by atoms with Crippen LogP contribution in [0.15, 0.2) is 42.5 Å². The summed E-state index contributed by atoms with van der Waals surface area (Å²) >= 11 is 1.60. The molecule has 1 aliphatic heterocycles. The van der Waals surface area contributed by atoms with Crippen molar-refractivity contribution in [3.8, 4) is 17.0 Å². The van der Waals surface area contributed by atoms with Crippen molar-refractivity contribution >= 4 is 34.5 Å². The zero-order valence-electron chi connectivity index (χ0n) is 15.9. The number of amides is 2. The lowest BCUT2D eigenvalue weighted by atomic mass is 10.1. The first-order valence-electron chi connectivity index (χ1n) is 8.98. The molecule has 2 heterocycles. The molecule has 0 saturated carbocycles. The molecule has 4 rings (SSSR count). The van der Waals surface area contributed by atoms with Gasteiger partial charge in [0.15, 0.2) is 6.61 Å². The summed E-state index contributed by atoms with van der Waals surface area (Å²) in [5.41, 5.74) is 2.69. The third-order valence-electron chi connectivity index (χ3n) is 4.51. The summed E-state index contributed by atoms with van der Waals surface area (Å²) in [5.74, 6) is -0.549. The van der Waals surface area contributed by atoms with E-state index in [1.165, 1.54) is 29.2 Å². The van der Waals surface area contributed by atoms with E-state index in [0.29, 0.717) is 17.1 Å². The Morgan fingerprint density at radius 3 is 2.69 bits per heavy atom. The zero-order chi connectivity index (χ0) is 20.5. The quantitative estimate of drug-likeness (QED) is 0.706. The lowest BCUT2D eigenvalue weighted by Crippen LogP contribution is -2.43. The average Bonchev–Trinajstić information content (AvgIpc) is 3.03. The van der Waals surface area contributed by atoms with E-state index in [0.717, 1.165) is 21.1 Å². The molecular weight excluding hydrogens is 393 g/mol. The second-order valence-electron chi connectivity index (χ2n) is 6.64. The van der Waals surface area contributed by atoms with Crippen molar-refractivity contribution in [2.24, 2.45) is 0 Å². The van der Waals surface area contributed by atoms with Crippen molar-refractivity contribution < 1.29 is 18.7 Å². The molecule has 29 heavy (non-hydrogen) atoms. The lowest BCUT2D eigenvalue weighted by Gasteiger charge is -2.29. The largest absolute Gasteiger partial charge is 0.482 e. The first-order chi connectivity index (χ1) is 13.9. The van der Waals surface area contributed by atoms with E-state index in [4.69, 9.17) is 4.74 Å². The number of hydrogen-bond donors (Lipinski definition) is 1. The van der Waals surface area contributed by atoms with Crippen LogP contribution in [0.5, 0.6) is 5.75 Å². The highest BCUT2D eigenvalue weighted by molar-refractivity contribution is 7.11. The molecule has 0 saturated heterocycles. The molecule has 1 aromatic heterocycles. The van der Waals surface area contributed by atoms with Gasteiger partial charge in [-0.1, -0.05) is 0 Å². The second kappa shape index (κ2) is 7.63. The van der Waals surface area contributed by atoms with Crippen LogP contribution in [0.25, 0.3) is 11.3 Å². The van der Waals surface area contributed by atoms with Gasteiger partial charge in [-0.15, -0.1) is 11.3 Å². The van der Waals surface area contributed by atoms with Crippen molar-refractivity contribution in [1.82, 2.24) is 4.98 Å². The van der Waals surface area contributed by atoms with E-state index >= 15 is 0 Å². The fraction of sp³-hybridized carbons (Fsp3) is 0.190. The molecule has 3 aromatic rings. The van der Waals surface area contributed by atoms with Crippen LogP contribution in [-0.4, -0.2) is 29.9 Å². The Kier molecular flexibility index (Phi) is 5.02. The van der Waals surface area contributed by atoms with Gasteiger partial charge in [0.2, 0.25) is 5.91 Å². The zero-order valence-corrected chi connectivity index (χ0v) is 16.7. The van der Waals surface area contributed by atoms with Crippen molar-refractivity contribution in [3.05, 3.63) is 58.2 Å². The Labute approximate surface area is 171 Å². The minimum atomic E-state index is -0.389. The Hall–Kier alpha value is -3.26.